The van der Waals surface area contributed by atoms with E-state index in [2.05, 4.69) is 20.3 Å². The summed E-state index contributed by atoms with van der Waals surface area (Å²) >= 11 is 1.15. The third-order valence-corrected chi connectivity index (χ3v) is 5.08. The Bertz CT molecular complexity index is 995. The molecule has 0 amide bonds. The van der Waals surface area contributed by atoms with Crippen LogP contribution in [0.25, 0.3) is 5.69 Å². The van der Waals surface area contributed by atoms with Crippen LogP contribution >= 0.6 is 11.8 Å². The molecule has 0 spiro atoms. The van der Waals surface area contributed by atoms with Gasteiger partial charge in [-0.05, 0) is 54.6 Å². The summed E-state index contributed by atoms with van der Waals surface area (Å²) < 4.78 is 43.9. The van der Waals surface area contributed by atoms with Crippen LogP contribution in [0.1, 0.15) is 21.7 Å². The molecule has 0 radical (unpaired) electrons. The maximum Gasteiger partial charge on any atom is 0.573 e. The lowest BCUT2D eigenvalue weighted by atomic mass is 10.2. The number of halogens is 3. The standard InChI is InChI=1S/C17H16F3N5O2S/c1-10-8-14(11(2)24(10)3)15(26)9-28-16-21-22-23-25(16)12-4-6-13(7-5-12)27-17(18,19)20/h4-8H,9H2,1-3H3. The van der Waals surface area contributed by atoms with Crippen molar-refractivity contribution >= 4 is 17.5 Å². The topological polar surface area (TPSA) is 74.8 Å². The summed E-state index contributed by atoms with van der Waals surface area (Å²) in [6.07, 6.45) is -4.76. The molecule has 28 heavy (non-hydrogen) atoms. The number of aryl methyl sites for hydroxylation is 1. The van der Waals surface area contributed by atoms with Gasteiger partial charge in [-0.25, -0.2) is 0 Å². The zero-order chi connectivity index (χ0) is 20.5. The van der Waals surface area contributed by atoms with Gasteiger partial charge in [-0.2, -0.15) is 4.68 Å². The first-order valence-corrected chi connectivity index (χ1v) is 9.08. The Hall–Kier alpha value is -2.82. The Labute approximate surface area is 162 Å². The number of hydrogen-bond acceptors (Lipinski definition) is 6. The number of alkyl halides is 3. The molecule has 3 aromatic rings. The van der Waals surface area contributed by atoms with Crippen LogP contribution in [0.3, 0.4) is 0 Å². The highest BCUT2D eigenvalue weighted by molar-refractivity contribution is 7.99. The quantitative estimate of drug-likeness (QED) is 0.457. The minimum Gasteiger partial charge on any atom is -0.406 e. The van der Waals surface area contributed by atoms with Gasteiger partial charge in [0.15, 0.2) is 5.78 Å². The number of nitrogens with zero attached hydrogens (tertiary/aromatic N) is 5. The predicted octanol–water partition coefficient (Wildman–Crippen LogP) is 3.49. The number of tetrazole rings is 1. The molecule has 11 heteroatoms. The molecule has 2 aromatic heterocycles. The summed E-state index contributed by atoms with van der Waals surface area (Å²) in [6.45, 7) is 3.79. The summed E-state index contributed by atoms with van der Waals surface area (Å²) in [4.78, 5) is 12.5. The number of rotatable bonds is 6. The fourth-order valence-electron chi connectivity index (χ4n) is 2.57. The monoisotopic (exact) mass is 411 g/mol. The van der Waals surface area contributed by atoms with Crippen LogP contribution in [0.15, 0.2) is 35.5 Å². The zero-order valence-corrected chi connectivity index (χ0v) is 16.0. The van der Waals surface area contributed by atoms with Crippen molar-refractivity contribution in [3.8, 4) is 11.4 Å². The average Bonchev–Trinajstić information content (AvgIpc) is 3.19. The van der Waals surface area contributed by atoms with Crippen molar-refractivity contribution < 1.29 is 22.7 Å². The molecule has 3 rings (SSSR count). The van der Waals surface area contributed by atoms with Crippen LogP contribution in [0, 0.1) is 13.8 Å². The van der Waals surface area contributed by atoms with Gasteiger partial charge in [0.1, 0.15) is 5.75 Å². The van der Waals surface area contributed by atoms with E-state index in [1.165, 1.54) is 28.9 Å². The third-order valence-electron chi connectivity index (χ3n) is 4.16. The van der Waals surface area contributed by atoms with Crippen LogP contribution in [0.5, 0.6) is 5.75 Å². The number of ether oxygens (including phenoxy) is 1. The molecule has 7 nitrogen and oxygen atoms in total. The fraction of sp³-hybridized carbons (Fsp3) is 0.294. The van der Waals surface area contributed by atoms with E-state index in [0.29, 0.717) is 16.4 Å². The Kier molecular flexibility index (Phi) is 5.45. The molecule has 2 heterocycles. The summed E-state index contributed by atoms with van der Waals surface area (Å²) in [5.74, 6) is -0.279. The SMILES string of the molecule is Cc1cc(C(=O)CSc2nnnn2-c2ccc(OC(F)(F)F)cc2)c(C)n1C. The second-order valence-corrected chi connectivity index (χ2v) is 6.91. The maximum absolute atomic E-state index is 12.5. The van der Waals surface area contributed by atoms with Gasteiger partial charge in [0.2, 0.25) is 5.16 Å². The van der Waals surface area contributed by atoms with Gasteiger partial charge in [-0.3, -0.25) is 4.79 Å². The van der Waals surface area contributed by atoms with E-state index in [0.717, 1.165) is 23.1 Å². The van der Waals surface area contributed by atoms with E-state index in [-0.39, 0.29) is 17.3 Å². The van der Waals surface area contributed by atoms with Gasteiger partial charge in [-0.1, -0.05) is 11.8 Å². The highest BCUT2D eigenvalue weighted by Crippen LogP contribution is 2.25. The lowest BCUT2D eigenvalue weighted by Crippen LogP contribution is -2.17. The van der Waals surface area contributed by atoms with Crippen LogP contribution in [-0.2, 0) is 7.05 Å². The molecule has 0 fully saturated rings. The molecule has 0 N–H and O–H groups in total. The lowest BCUT2D eigenvalue weighted by molar-refractivity contribution is -0.274. The van der Waals surface area contributed by atoms with Crippen molar-refractivity contribution in [1.82, 2.24) is 24.8 Å². The molecule has 1 aromatic carbocycles. The third kappa shape index (κ3) is 4.35. The summed E-state index contributed by atoms with van der Waals surface area (Å²) in [5, 5.41) is 11.6. The molecule has 0 unspecified atom stereocenters. The van der Waals surface area contributed by atoms with E-state index in [4.69, 9.17) is 0 Å². The number of hydrogen-bond donors (Lipinski definition) is 0. The van der Waals surface area contributed by atoms with Gasteiger partial charge >= 0.3 is 6.36 Å². The minimum atomic E-state index is -4.76. The van der Waals surface area contributed by atoms with Crippen molar-refractivity contribution in [2.75, 3.05) is 5.75 Å². The molecule has 0 bridgehead atoms. The molecule has 0 aliphatic rings. The second-order valence-electron chi connectivity index (χ2n) is 5.97. The normalized spacial score (nSPS) is 11.6. The number of carbonyl (C=O) groups excluding carboxylic acids is 1. The van der Waals surface area contributed by atoms with Gasteiger partial charge in [0.05, 0.1) is 11.4 Å². The smallest absolute Gasteiger partial charge is 0.406 e. The number of thioether (sulfide) groups is 1. The molecular formula is C17H16F3N5O2S. The molecule has 0 aliphatic heterocycles. The van der Waals surface area contributed by atoms with Crippen LogP contribution in [-0.4, -0.2) is 42.7 Å². The Morgan fingerprint density at radius 3 is 2.46 bits per heavy atom. The summed E-state index contributed by atoms with van der Waals surface area (Å²) in [6, 6.07) is 6.96. The van der Waals surface area contributed by atoms with Gasteiger partial charge < -0.3 is 9.30 Å². The Balaban J connectivity index is 1.72. The van der Waals surface area contributed by atoms with Gasteiger partial charge in [-0.15, -0.1) is 18.3 Å². The minimum absolute atomic E-state index is 0.0605. The number of benzene rings is 1. The van der Waals surface area contributed by atoms with Crippen LogP contribution < -0.4 is 4.74 Å². The van der Waals surface area contributed by atoms with Crippen molar-refractivity contribution in [2.45, 2.75) is 25.4 Å². The molecule has 0 atom stereocenters. The second kappa shape index (κ2) is 7.66. The molecule has 0 saturated carbocycles. The number of ketones is 1. The number of carbonyl (C=O) groups is 1. The predicted molar refractivity (Wildman–Crippen MR) is 95.8 cm³/mol. The maximum atomic E-state index is 12.5. The zero-order valence-electron chi connectivity index (χ0n) is 15.2. The Morgan fingerprint density at radius 2 is 1.89 bits per heavy atom. The first-order chi connectivity index (χ1) is 13.2. The van der Waals surface area contributed by atoms with Crippen molar-refractivity contribution in [1.29, 1.82) is 0 Å². The van der Waals surface area contributed by atoms with E-state index in [1.807, 2.05) is 31.5 Å². The molecular weight excluding hydrogens is 395 g/mol. The van der Waals surface area contributed by atoms with E-state index in [9.17, 15) is 18.0 Å². The molecule has 0 saturated heterocycles. The number of aromatic nitrogens is 5. The molecule has 0 aliphatic carbocycles. The first-order valence-electron chi connectivity index (χ1n) is 8.09. The average molecular weight is 411 g/mol. The van der Waals surface area contributed by atoms with Crippen LogP contribution in [0.2, 0.25) is 0 Å². The van der Waals surface area contributed by atoms with Crippen molar-refractivity contribution in [3.63, 3.8) is 0 Å². The summed E-state index contributed by atoms with van der Waals surface area (Å²) in [5.41, 5.74) is 2.95. The van der Waals surface area contributed by atoms with E-state index >= 15 is 0 Å². The van der Waals surface area contributed by atoms with E-state index < -0.39 is 6.36 Å². The first kappa shape index (κ1) is 19.9. The Morgan fingerprint density at radius 1 is 1.21 bits per heavy atom. The number of Topliss-reactive ketones (excluding diaryl/α,β-unsaturated/α-hetero) is 1. The molecule has 148 valence electrons. The van der Waals surface area contributed by atoms with Crippen LogP contribution in [0.4, 0.5) is 13.2 Å². The fourth-order valence-corrected chi connectivity index (χ4v) is 3.34. The van der Waals surface area contributed by atoms with Crippen molar-refractivity contribution in [3.05, 3.63) is 47.3 Å². The largest absolute Gasteiger partial charge is 0.573 e. The van der Waals surface area contributed by atoms with Crippen molar-refractivity contribution in [2.24, 2.45) is 7.05 Å². The van der Waals surface area contributed by atoms with Gasteiger partial charge in [0, 0.05) is 24.0 Å². The highest BCUT2D eigenvalue weighted by atomic mass is 32.2. The lowest BCUT2D eigenvalue weighted by Gasteiger charge is -2.09. The summed E-state index contributed by atoms with van der Waals surface area (Å²) in [7, 11) is 1.89. The van der Waals surface area contributed by atoms with Gasteiger partial charge in [0.25, 0.3) is 0 Å². The highest BCUT2D eigenvalue weighted by Gasteiger charge is 2.31. The van der Waals surface area contributed by atoms with E-state index in [1.54, 1.807) is 0 Å².